The minimum Gasteiger partial charge on any atom is -0.497 e. The van der Waals surface area contributed by atoms with Crippen molar-refractivity contribution in [1.82, 2.24) is 9.80 Å². The van der Waals surface area contributed by atoms with E-state index in [1.54, 1.807) is 31.4 Å². The van der Waals surface area contributed by atoms with Crippen molar-refractivity contribution >= 4 is 5.91 Å². The third-order valence-electron chi connectivity index (χ3n) is 7.06. The van der Waals surface area contributed by atoms with E-state index in [1.807, 2.05) is 12.1 Å². The Bertz CT molecular complexity index is 940. The molecule has 0 saturated carbocycles. The number of amides is 1. The van der Waals surface area contributed by atoms with Crippen molar-refractivity contribution < 1.29 is 9.53 Å². The molecule has 1 amide bonds. The highest BCUT2D eigenvalue weighted by atomic mass is 16.5. The van der Waals surface area contributed by atoms with E-state index in [9.17, 15) is 4.79 Å². The molecule has 6 rings (SSSR count). The summed E-state index contributed by atoms with van der Waals surface area (Å²) in [4.78, 5) is 18.2. The number of carbonyl (C=O) groups excluding carboxylic acids is 1. The molecule has 2 bridgehead atoms. The molecular formula is C24H25N3O2. The lowest BCUT2D eigenvalue weighted by molar-refractivity contribution is -0.00340. The van der Waals surface area contributed by atoms with Crippen molar-refractivity contribution in [3.63, 3.8) is 0 Å². The first-order chi connectivity index (χ1) is 14.2. The Kier molecular flexibility index (Phi) is 4.52. The Morgan fingerprint density at radius 1 is 1.03 bits per heavy atom. The fourth-order valence-electron chi connectivity index (χ4n) is 5.65. The van der Waals surface area contributed by atoms with E-state index in [2.05, 4.69) is 28.0 Å². The summed E-state index contributed by atoms with van der Waals surface area (Å²) in [5.74, 6) is 1.85. The Labute approximate surface area is 171 Å². The topological polar surface area (TPSA) is 56.6 Å². The summed E-state index contributed by atoms with van der Waals surface area (Å²) < 4.78 is 5.33. The largest absolute Gasteiger partial charge is 0.497 e. The quantitative estimate of drug-likeness (QED) is 0.811. The number of likely N-dealkylation sites (tertiary alicyclic amines) is 1. The fourth-order valence-corrected chi connectivity index (χ4v) is 5.65. The highest BCUT2D eigenvalue weighted by Gasteiger charge is 2.54. The molecule has 2 aromatic carbocycles. The SMILES string of the molecule is COc1ccc([C@@H]2CN(C(=O)c3ccc(C#N)cc3)[C@@H]3C4CCN(CC4)[C@@H]32)cc1. The number of nitrogens with zero attached hydrogens (tertiary/aromatic N) is 3. The molecular weight excluding hydrogens is 362 g/mol. The van der Waals surface area contributed by atoms with Gasteiger partial charge in [0.25, 0.3) is 5.91 Å². The van der Waals surface area contributed by atoms with Crippen LogP contribution >= 0.6 is 0 Å². The second-order valence-electron chi connectivity index (χ2n) is 8.38. The number of ether oxygens (including phenoxy) is 1. The van der Waals surface area contributed by atoms with Crippen LogP contribution in [0, 0.1) is 17.2 Å². The molecule has 148 valence electrons. The van der Waals surface area contributed by atoms with E-state index in [4.69, 9.17) is 10.00 Å². The van der Waals surface area contributed by atoms with Crippen molar-refractivity contribution in [3.8, 4) is 11.8 Å². The summed E-state index contributed by atoms with van der Waals surface area (Å²) >= 11 is 0. The van der Waals surface area contributed by atoms with Crippen LogP contribution in [-0.2, 0) is 0 Å². The molecule has 0 aliphatic carbocycles. The van der Waals surface area contributed by atoms with Gasteiger partial charge in [-0.15, -0.1) is 0 Å². The average molecular weight is 387 g/mol. The maximum absolute atomic E-state index is 13.5. The molecule has 4 heterocycles. The maximum Gasteiger partial charge on any atom is 0.254 e. The van der Waals surface area contributed by atoms with Crippen molar-refractivity contribution in [2.45, 2.75) is 30.8 Å². The Hall–Kier alpha value is -2.84. The number of piperidine rings is 3. The van der Waals surface area contributed by atoms with Crippen LogP contribution in [0.4, 0.5) is 0 Å². The van der Waals surface area contributed by atoms with Gasteiger partial charge in [-0.2, -0.15) is 5.26 Å². The number of hydrogen-bond acceptors (Lipinski definition) is 4. The lowest BCUT2D eigenvalue weighted by atomic mass is 9.75. The zero-order valence-corrected chi connectivity index (χ0v) is 16.6. The van der Waals surface area contributed by atoms with Gasteiger partial charge < -0.3 is 9.64 Å². The molecule has 3 atom stereocenters. The second-order valence-corrected chi connectivity index (χ2v) is 8.38. The highest BCUT2D eigenvalue weighted by molar-refractivity contribution is 5.95. The summed E-state index contributed by atoms with van der Waals surface area (Å²) in [6, 6.07) is 18.2. The van der Waals surface area contributed by atoms with Gasteiger partial charge in [-0.1, -0.05) is 12.1 Å². The number of fused-ring (bicyclic) bond motifs is 2. The smallest absolute Gasteiger partial charge is 0.254 e. The number of carbonyl (C=O) groups is 1. The molecule has 0 radical (unpaired) electrons. The van der Waals surface area contributed by atoms with Crippen LogP contribution in [0.15, 0.2) is 48.5 Å². The zero-order chi connectivity index (χ0) is 20.0. The Morgan fingerprint density at radius 3 is 2.34 bits per heavy atom. The van der Waals surface area contributed by atoms with Crippen LogP contribution < -0.4 is 4.74 Å². The first-order valence-corrected chi connectivity index (χ1v) is 10.4. The van der Waals surface area contributed by atoms with Crippen LogP contribution in [0.1, 0.15) is 40.2 Å². The number of methoxy groups -OCH3 is 1. The van der Waals surface area contributed by atoms with Crippen molar-refractivity contribution in [2.24, 2.45) is 5.92 Å². The van der Waals surface area contributed by atoms with E-state index in [0.29, 0.717) is 29.0 Å². The molecule has 4 aliphatic rings. The van der Waals surface area contributed by atoms with Crippen molar-refractivity contribution in [2.75, 3.05) is 26.7 Å². The number of nitriles is 1. The summed E-state index contributed by atoms with van der Waals surface area (Å²) in [6.45, 7) is 3.02. The fraction of sp³-hybridized carbons (Fsp3) is 0.417. The molecule has 29 heavy (non-hydrogen) atoms. The monoisotopic (exact) mass is 387 g/mol. The van der Waals surface area contributed by atoms with E-state index in [0.717, 1.165) is 25.4 Å². The van der Waals surface area contributed by atoms with Crippen molar-refractivity contribution in [3.05, 3.63) is 65.2 Å². The van der Waals surface area contributed by atoms with Crippen molar-refractivity contribution in [1.29, 1.82) is 5.26 Å². The zero-order valence-electron chi connectivity index (χ0n) is 16.6. The molecule has 0 N–H and O–H groups in total. The lowest BCUT2D eigenvalue weighted by Crippen LogP contribution is -2.60. The molecule has 4 aliphatic heterocycles. The van der Waals surface area contributed by atoms with Gasteiger partial charge in [-0.3, -0.25) is 9.69 Å². The number of rotatable bonds is 3. The van der Waals surface area contributed by atoms with Gasteiger partial charge >= 0.3 is 0 Å². The van der Waals surface area contributed by atoms with Crippen LogP contribution in [0.2, 0.25) is 0 Å². The summed E-state index contributed by atoms with van der Waals surface area (Å²) in [6.07, 6.45) is 2.35. The lowest BCUT2D eigenvalue weighted by Gasteiger charge is -2.51. The molecule has 2 aromatic rings. The minimum absolute atomic E-state index is 0.0919. The summed E-state index contributed by atoms with van der Waals surface area (Å²) in [5, 5.41) is 9.04. The molecule has 0 aromatic heterocycles. The van der Waals surface area contributed by atoms with E-state index in [1.165, 1.54) is 18.4 Å². The van der Waals surface area contributed by atoms with E-state index in [-0.39, 0.29) is 11.9 Å². The van der Waals surface area contributed by atoms with Gasteiger partial charge in [0, 0.05) is 24.1 Å². The Balaban J connectivity index is 1.48. The molecule has 5 nitrogen and oxygen atoms in total. The third kappa shape index (κ3) is 2.99. The second kappa shape index (κ2) is 7.20. The van der Waals surface area contributed by atoms with Crippen LogP contribution in [0.25, 0.3) is 0 Å². The molecule has 5 heteroatoms. The van der Waals surface area contributed by atoms with E-state index >= 15 is 0 Å². The van der Waals surface area contributed by atoms with Gasteiger partial charge in [-0.25, -0.2) is 0 Å². The minimum atomic E-state index is 0.0919. The van der Waals surface area contributed by atoms with Crippen LogP contribution in [0.5, 0.6) is 5.75 Å². The standard InChI is InChI=1S/C24H25N3O2/c1-29-20-8-6-17(7-9-20)21-15-27(22-18-10-12-26(13-11-18)23(21)22)24(28)19-4-2-16(14-25)3-5-19/h2-9,18,21-23H,10-13,15H2,1H3/t21-,22+,23+/m0/s1. The van der Waals surface area contributed by atoms with E-state index < -0.39 is 0 Å². The van der Waals surface area contributed by atoms with Gasteiger partial charge in [0.2, 0.25) is 0 Å². The first kappa shape index (κ1) is 18.2. The predicted octanol–water partition coefficient (Wildman–Crippen LogP) is 3.27. The summed E-state index contributed by atoms with van der Waals surface area (Å²) in [7, 11) is 1.68. The number of hydrogen-bond donors (Lipinski definition) is 0. The Morgan fingerprint density at radius 2 is 1.72 bits per heavy atom. The molecule has 4 saturated heterocycles. The van der Waals surface area contributed by atoms with Gasteiger partial charge in [-0.05, 0) is 73.8 Å². The molecule has 0 spiro atoms. The number of benzene rings is 2. The maximum atomic E-state index is 13.5. The predicted molar refractivity (Wildman–Crippen MR) is 110 cm³/mol. The molecule has 4 fully saturated rings. The normalized spacial score (nSPS) is 29.9. The van der Waals surface area contributed by atoms with Crippen LogP contribution in [0.3, 0.4) is 0 Å². The van der Waals surface area contributed by atoms with Gasteiger partial charge in [0.1, 0.15) is 5.75 Å². The van der Waals surface area contributed by atoms with Gasteiger partial charge in [0.15, 0.2) is 0 Å². The highest BCUT2D eigenvalue weighted by Crippen LogP contribution is 2.47. The molecule has 0 unspecified atom stereocenters. The van der Waals surface area contributed by atoms with Gasteiger partial charge in [0.05, 0.1) is 24.8 Å². The third-order valence-corrected chi connectivity index (χ3v) is 7.06. The average Bonchev–Trinajstić information content (AvgIpc) is 3.22. The van der Waals surface area contributed by atoms with Crippen LogP contribution in [-0.4, -0.2) is 54.5 Å². The summed E-state index contributed by atoms with van der Waals surface area (Å²) in [5.41, 5.74) is 2.54. The first-order valence-electron chi connectivity index (χ1n) is 10.4.